The summed E-state index contributed by atoms with van der Waals surface area (Å²) in [4.78, 5) is 13.5. The molecule has 0 spiro atoms. The maximum Gasteiger partial charge on any atom is 0.335 e. The van der Waals surface area contributed by atoms with E-state index in [1.165, 1.54) is 9.75 Å². The standard InChI is InChI=1S/C16H19NO2S/c1-16(2,3)14-8-7-13(20-14)10-17-12-6-4-5-11(9-12)15(18)19/h4-9,17H,10H2,1-3H3,(H,18,19). The Morgan fingerprint density at radius 1 is 1.25 bits per heavy atom. The highest BCUT2D eigenvalue weighted by Crippen LogP contribution is 2.29. The van der Waals surface area contributed by atoms with Gasteiger partial charge in [-0.2, -0.15) is 0 Å². The third-order valence-electron chi connectivity index (χ3n) is 2.98. The number of aromatic carboxylic acids is 1. The third-order valence-corrected chi connectivity index (χ3v) is 4.49. The van der Waals surface area contributed by atoms with Crippen LogP contribution in [0.15, 0.2) is 36.4 Å². The van der Waals surface area contributed by atoms with Crippen LogP contribution in [0, 0.1) is 0 Å². The van der Waals surface area contributed by atoms with Gasteiger partial charge in [-0.15, -0.1) is 11.3 Å². The summed E-state index contributed by atoms with van der Waals surface area (Å²) in [5.41, 5.74) is 1.30. The lowest BCUT2D eigenvalue weighted by atomic mass is 9.95. The zero-order valence-electron chi connectivity index (χ0n) is 11.9. The van der Waals surface area contributed by atoms with Gasteiger partial charge in [0.1, 0.15) is 0 Å². The molecule has 2 aromatic rings. The molecule has 0 aliphatic carbocycles. The molecule has 0 saturated carbocycles. The molecule has 0 radical (unpaired) electrons. The number of benzene rings is 1. The first-order valence-corrected chi connectivity index (χ1v) is 7.34. The largest absolute Gasteiger partial charge is 0.478 e. The summed E-state index contributed by atoms with van der Waals surface area (Å²) in [6, 6.07) is 11.2. The van der Waals surface area contributed by atoms with Gasteiger partial charge in [0.05, 0.1) is 5.56 Å². The quantitative estimate of drug-likeness (QED) is 0.879. The van der Waals surface area contributed by atoms with E-state index in [9.17, 15) is 4.79 Å². The SMILES string of the molecule is CC(C)(C)c1ccc(CNc2cccc(C(=O)O)c2)s1. The van der Waals surface area contributed by atoms with Gasteiger partial charge in [-0.05, 0) is 35.7 Å². The van der Waals surface area contributed by atoms with Crippen LogP contribution in [0.25, 0.3) is 0 Å². The molecule has 4 heteroatoms. The van der Waals surface area contributed by atoms with Crippen LogP contribution < -0.4 is 5.32 Å². The van der Waals surface area contributed by atoms with Crippen molar-refractivity contribution in [3.63, 3.8) is 0 Å². The second-order valence-electron chi connectivity index (χ2n) is 5.76. The van der Waals surface area contributed by atoms with Crippen molar-refractivity contribution in [3.05, 3.63) is 51.7 Å². The maximum absolute atomic E-state index is 10.9. The highest BCUT2D eigenvalue weighted by molar-refractivity contribution is 7.12. The first kappa shape index (κ1) is 14.6. The zero-order chi connectivity index (χ0) is 14.8. The van der Waals surface area contributed by atoms with E-state index >= 15 is 0 Å². The Balaban J connectivity index is 2.04. The van der Waals surface area contributed by atoms with Crippen molar-refractivity contribution in [1.82, 2.24) is 0 Å². The number of nitrogens with one attached hydrogen (secondary N) is 1. The van der Waals surface area contributed by atoms with Gasteiger partial charge >= 0.3 is 5.97 Å². The number of hydrogen-bond acceptors (Lipinski definition) is 3. The van der Waals surface area contributed by atoms with Gasteiger partial charge < -0.3 is 10.4 Å². The fourth-order valence-electron chi connectivity index (χ4n) is 1.83. The summed E-state index contributed by atoms with van der Waals surface area (Å²) in [6.45, 7) is 7.31. The first-order valence-electron chi connectivity index (χ1n) is 6.53. The number of anilines is 1. The summed E-state index contributed by atoms with van der Waals surface area (Å²) >= 11 is 1.79. The normalized spacial score (nSPS) is 11.3. The van der Waals surface area contributed by atoms with Gasteiger partial charge in [0.2, 0.25) is 0 Å². The van der Waals surface area contributed by atoms with Gasteiger partial charge in [0, 0.05) is 22.0 Å². The van der Waals surface area contributed by atoms with E-state index in [4.69, 9.17) is 5.11 Å². The monoisotopic (exact) mass is 289 g/mol. The molecule has 0 aliphatic rings. The Bertz CT molecular complexity index is 611. The van der Waals surface area contributed by atoms with E-state index in [0.717, 1.165) is 5.69 Å². The molecule has 3 nitrogen and oxygen atoms in total. The molecule has 0 unspecified atom stereocenters. The minimum atomic E-state index is -0.903. The van der Waals surface area contributed by atoms with E-state index < -0.39 is 5.97 Å². The predicted octanol–water partition coefficient (Wildman–Crippen LogP) is 4.36. The molecule has 0 fully saturated rings. The highest BCUT2D eigenvalue weighted by Gasteiger charge is 2.15. The second-order valence-corrected chi connectivity index (χ2v) is 6.92. The smallest absolute Gasteiger partial charge is 0.335 e. The summed E-state index contributed by atoms with van der Waals surface area (Å²) in [6.07, 6.45) is 0. The fourth-order valence-corrected chi connectivity index (χ4v) is 2.83. The average Bonchev–Trinajstić information content (AvgIpc) is 2.85. The number of carboxylic acids is 1. The van der Waals surface area contributed by atoms with Crippen molar-refractivity contribution in [2.75, 3.05) is 5.32 Å². The van der Waals surface area contributed by atoms with Crippen LogP contribution in [-0.2, 0) is 12.0 Å². The zero-order valence-corrected chi connectivity index (χ0v) is 12.8. The Kier molecular flexibility index (Phi) is 4.14. The second kappa shape index (κ2) is 5.67. The van der Waals surface area contributed by atoms with Crippen LogP contribution in [0.4, 0.5) is 5.69 Å². The lowest BCUT2D eigenvalue weighted by Crippen LogP contribution is -2.07. The molecule has 1 aromatic heterocycles. The number of rotatable bonds is 4. The molecule has 2 rings (SSSR count). The molecule has 2 N–H and O–H groups in total. The summed E-state index contributed by atoms with van der Waals surface area (Å²) in [5.74, 6) is -0.903. The molecule has 0 saturated heterocycles. The molecule has 0 bridgehead atoms. The van der Waals surface area contributed by atoms with Gasteiger partial charge in [0.15, 0.2) is 0 Å². The van der Waals surface area contributed by atoms with Crippen molar-refractivity contribution in [2.45, 2.75) is 32.7 Å². The van der Waals surface area contributed by atoms with Crippen LogP contribution in [0.3, 0.4) is 0 Å². The molecular weight excluding hydrogens is 270 g/mol. The van der Waals surface area contributed by atoms with Gasteiger partial charge in [0.25, 0.3) is 0 Å². The van der Waals surface area contributed by atoms with Crippen molar-refractivity contribution in [1.29, 1.82) is 0 Å². The van der Waals surface area contributed by atoms with E-state index in [1.54, 1.807) is 29.5 Å². The number of thiophene rings is 1. The van der Waals surface area contributed by atoms with Gasteiger partial charge in [-0.3, -0.25) is 0 Å². The molecule has 1 heterocycles. The van der Waals surface area contributed by atoms with Crippen LogP contribution in [0.5, 0.6) is 0 Å². The van der Waals surface area contributed by atoms with E-state index in [2.05, 4.69) is 38.2 Å². The van der Waals surface area contributed by atoms with Crippen LogP contribution in [0.1, 0.15) is 40.9 Å². The summed E-state index contributed by atoms with van der Waals surface area (Å²) in [5, 5.41) is 12.2. The van der Waals surface area contributed by atoms with Crippen molar-refractivity contribution in [3.8, 4) is 0 Å². The molecule has 106 valence electrons. The molecule has 0 amide bonds. The Morgan fingerprint density at radius 3 is 2.60 bits per heavy atom. The van der Waals surface area contributed by atoms with Crippen molar-refractivity contribution in [2.24, 2.45) is 0 Å². The lowest BCUT2D eigenvalue weighted by Gasteiger charge is -2.15. The third kappa shape index (κ3) is 3.61. The minimum absolute atomic E-state index is 0.173. The Labute approximate surface area is 123 Å². The van der Waals surface area contributed by atoms with Crippen molar-refractivity contribution >= 4 is 23.0 Å². The predicted molar refractivity (Wildman–Crippen MR) is 83.7 cm³/mol. The number of carboxylic acid groups (broad SMARTS) is 1. The van der Waals surface area contributed by atoms with E-state index in [0.29, 0.717) is 12.1 Å². The molecule has 0 atom stereocenters. The lowest BCUT2D eigenvalue weighted by molar-refractivity contribution is 0.0697. The minimum Gasteiger partial charge on any atom is -0.478 e. The Hall–Kier alpha value is -1.81. The van der Waals surface area contributed by atoms with E-state index in [1.807, 2.05) is 6.07 Å². The molecular formula is C16H19NO2S. The molecule has 0 aliphatic heterocycles. The maximum atomic E-state index is 10.9. The van der Waals surface area contributed by atoms with Crippen LogP contribution in [0.2, 0.25) is 0 Å². The van der Waals surface area contributed by atoms with Gasteiger partial charge in [-0.25, -0.2) is 4.79 Å². The number of hydrogen-bond donors (Lipinski definition) is 2. The molecule has 1 aromatic carbocycles. The van der Waals surface area contributed by atoms with Crippen LogP contribution >= 0.6 is 11.3 Å². The average molecular weight is 289 g/mol. The topological polar surface area (TPSA) is 49.3 Å². The summed E-state index contributed by atoms with van der Waals surface area (Å²) in [7, 11) is 0. The van der Waals surface area contributed by atoms with Crippen LogP contribution in [-0.4, -0.2) is 11.1 Å². The first-order chi connectivity index (χ1) is 9.36. The Morgan fingerprint density at radius 2 is 2.00 bits per heavy atom. The summed E-state index contributed by atoms with van der Waals surface area (Å²) < 4.78 is 0. The fraction of sp³-hybridized carbons (Fsp3) is 0.312. The number of carbonyl (C=O) groups is 1. The van der Waals surface area contributed by atoms with E-state index in [-0.39, 0.29) is 5.41 Å². The van der Waals surface area contributed by atoms with Gasteiger partial charge in [-0.1, -0.05) is 26.8 Å². The highest BCUT2D eigenvalue weighted by atomic mass is 32.1. The molecule has 20 heavy (non-hydrogen) atoms. The van der Waals surface area contributed by atoms with Crippen molar-refractivity contribution < 1.29 is 9.90 Å².